The Morgan fingerprint density at radius 2 is 1.58 bits per heavy atom. The maximum absolute atomic E-state index is 11.2. The van der Waals surface area contributed by atoms with Gasteiger partial charge in [0.25, 0.3) is 10.1 Å². The van der Waals surface area contributed by atoms with Crippen molar-refractivity contribution >= 4 is 26.6 Å². The fraction of sp³-hybridized carbons (Fsp3) is 0. The van der Waals surface area contributed by atoms with Crippen LogP contribution in [0, 0.1) is 4.91 Å². The third-order valence-electron chi connectivity index (χ3n) is 2.33. The summed E-state index contributed by atoms with van der Waals surface area (Å²) in [6.07, 6.45) is 0. The second kappa shape index (κ2) is 7.14. The van der Waals surface area contributed by atoms with Crippen LogP contribution in [-0.4, -0.2) is 18.1 Å². The molecule has 0 bridgehead atoms. The molecule has 2 aromatic rings. The van der Waals surface area contributed by atoms with Crippen LogP contribution in [0.1, 0.15) is 0 Å². The first-order valence-electron chi connectivity index (χ1n) is 4.50. The molecule has 0 radical (unpaired) electrons. The molecule has 0 fully saturated rings. The van der Waals surface area contributed by atoms with Crippen LogP contribution in [0.3, 0.4) is 0 Å². The average molecular weight is 299 g/mol. The number of fused-ring (bicyclic) bond motifs is 1. The van der Waals surface area contributed by atoms with Crippen LogP contribution in [0.5, 0.6) is 5.75 Å². The van der Waals surface area contributed by atoms with Gasteiger partial charge in [-0.1, -0.05) is 24.3 Å². The third kappa shape index (κ3) is 3.77. The van der Waals surface area contributed by atoms with E-state index in [1.54, 1.807) is 12.1 Å². The number of hydrogen-bond donors (Lipinski definition) is 2. The summed E-state index contributed by atoms with van der Waals surface area (Å²) in [5.41, 5.74) is -0.434. The van der Waals surface area contributed by atoms with Crippen molar-refractivity contribution in [2.24, 2.45) is 5.18 Å². The monoisotopic (exact) mass is 299 g/mol. The van der Waals surface area contributed by atoms with Crippen LogP contribution in [0.4, 0.5) is 5.69 Å². The molecule has 0 saturated heterocycles. The molecule has 0 aromatic heterocycles. The van der Waals surface area contributed by atoms with Crippen molar-refractivity contribution in [1.82, 2.24) is 0 Å². The number of nitrogens with zero attached hydrogens (tertiary/aromatic N) is 1. The van der Waals surface area contributed by atoms with Crippen LogP contribution in [-0.2, 0) is 10.1 Å². The zero-order valence-corrected chi connectivity index (χ0v) is 15.2. The number of rotatable bonds is 2. The summed E-state index contributed by atoms with van der Waals surface area (Å²) >= 11 is 0. The van der Waals surface area contributed by atoms with Gasteiger partial charge in [0.2, 0.25) is 0 Å². The van der Waals surface area contributed by atoms with Gasteiger partial charge in [-0.3, -0.25) is 4.55 Å². The van der Waals surface area contributed by atoms with E-state index in [4.69, 9.17) is 4.55 Å². The predicted molar refractivity (Wildman–Crippen MR) is 60.9 cm³/mol. The summed E-state index contributed by atoms with van der Waals surface area (Å²) < 4.78 is 31.4. The molecule has 0 heterocycles. The van der Waals surface area contributed by atoms with Crippen molar-refractivity contribution in [3.05, 3.63) is 35.2 Å². The molecule has 0 aliphatic rings. The molecule has 2 N–H and O–H groups in total. The maximum Gasteiger partial charge on any atom is 1.00 e. The van der Waals surface area contributed by atoms with Gasteiger partial charge >= 0.3 is 59.1 Å². The first kappa shape index (κ1) is 19.0. The zero-order valence-electron chi connectivity index (χ0n) is 10.4. The minimum atomic E-state index is -4.49. The van der Waals surface area contributed by atoms with Crippen LogP contribution in [0.15, 0.2) is 40.4 Å². The molecule has 0 atom stereocenters. The normalized spacial score (nSPS) is 10.4. The number of aromatic hydroxyl groups is 1. The topological polar surface area (TPSA) is 104 Å². The average Bonchev–Trinajstić information content (AvgIpc) is 2.28. The molecule has 6 nitrogen and oxygen atoms in total. The van der Waals surface area contributed by atoms with Crippen LogP contribution < -0.4 is 59.1 Å². The Morgan fingerprint density at radius 3 is 2.05 bits per heavy atom. The van der Waals surface area contributed by atoms with Crippen molar-refractivity contribution in [3.63, 3.8) is 0 Å². The van der Waals surface area contributed by atoms with Crippen molar-refractivity contribution < 1.29 is 77.2 Å². The maximum atomic E-state index is 11.2. The molecule has 0 saturated carbocycles. The van der Waals surface area contributed by atoms with E-state index in [1.165, 1.54) is 12.1 Å². The smallest absolute Gasteiger partial charge is 0.505 e. The Bertz CT molecular complexity index is 717. The van der Waals surface area contributed by atoms with Crippen molar-refractivity contribution in [1.29, 1.82) is 0 Å². The molecule has 2 rings (SSSR count). The molecule has 0 aliphatic heterocycles. The van der Waals surface area contributed by atoms with Gasteiger partial charge in [-0.15, -0.1) is 4.91 Å². The quantitative estimate of drug-likeness (QED) is 0.336. The van der Waals surface area contributed by atoms with Gasteiger partial charge in [0.15, 0.2) is 11.4 Å². The Hall–Kier alpha value is 0.0100. The largest absolute Gasteiger partial charge is 1.00 e. The SMILES string of the molecule is O=Nc1cc(S(=O)(=O)O)c2ccccc2c1O.[Na+].[Na+]. The number of benzene rings is 2. The molecule has 19 heavy (non-hydrogen) atoms. The van der Waals surface area contributed by atoms with Crippen molar-refractivity contribution in [2.75, 3.05) is 0 Å². The minimum absolute atomic E-state index is 0. The van der Waals surface area contributed by atoms with E-state index in [1.807, 2.05) is 0 Å². The molecule has 9 heteroatoms. The zero-order chi connectivity index (χ0) is 12.6. The molecule has 2 aromatic carbocycles. The van der Waals surface area contributed by atoms with E-state index < -0.39 is 26.5 Å². The van der Waals surface area contributed by atoms with E-state index in [-0.39, 0.29) is 69.9 Å². The molecule has 0 amide bonds. The van der Waals surface area contributed by atoms with Gasteiger partial charge < -0.3 is 5.11 Å². The molecular formula is C10H7NNa2O5S+2. The Labute approximate surface area is 153 Å². The summed E-state index contributed by atoms with van der Waals surface area (Å²) in [6.45, 7) is 0. The first-order valence-corrected chi connectivity index (χ1v) is 5.94. The Morgan fingerprint density at radius 1 is 1.05 bits per heavy atom. The van der Waals surface area contributed by atoms with Gasteiger partial charge in [0.05, 0.1) is 0 Å². The van der Waals surface area contributed by atoms with Gasteiger partial charge in [0, 0.05) is 10.8 Å². The molecule has 0 unspecified atom stereocenters. The number of nitroso groups, excluding NO2 is 1. The fourth-order valence-corrected chi connectivity index (χ4v) is 2.31. The van der Waals surface area contributed by atoms with E-state index >= 15 is 0 Å². The van der Waals surface area contributed by atoms with Crippen molar-refractivity contribution in [3.8, 4) is 5.75 Å². The predicted octanol–water partition coefficient (Wildman–Crippen LogP) is -3.80. The molecule has 0 spiro atoms. The van der Waals surface area contributed by atoms with E-state index in [0.29, 0.717) is 0 Å². The van der Waals surface area contributed by atoms with Gasteiger partial charge in [-0.2, -0.15) is 8.42 Å². The van der Waals surface area contributed by atoms with Crippen molar-refractivity contribution in [2.45, 2.75) is 4.90 Å². The summed E-state index contributed by atoms with van der Waals surface area (Å²) in [4.78, 5) is 10.0. The Kier molecular flexibility index (Phi) is 7.15. The second-order valence-corrected chi connectivity index (χ2v) is 4.74. The molecule has 88 valence electrons. The third-order valence-corrected chi connectivity index (χ3v) is 3.23. The summed E-state index contributed by atoms with van der Waals surface area (Å²) in [5, 5.41) is 12.4. The number of phenols is 1. The summed E-state index contributed by atoms with van der Waals surface area (Å²) in [7, 11) is -4.49. The summed E-state index contributed by atoms with van der Waals surface area (Å²) in [6, 6.07) is 6.77. The van der Waals surface area contributed by atoms with Crippen LogP contribution in [0.25, 0.3) is 10.8 Å². The van der Waals surface area contributed by atoms with Crippen LogP contribution in [0.2, 0.25) is 0 Å². The van der Waals surface area contributed by atoms with E-state index in [2.05, 4.69) is 5.18 Å². The standard InChI is InChI=1S/C10H7NO5S.2Na/c12-10-7-4-2-1-3-6(7)9(17(14,15)16)5-8(10)11-13;;/h1-5,12H,(H,14,15,16);;/q;2*+1. The van der Waals surface area contributed by atoms with Gasteiger partial charge in [-0.05, 0) is 11.2 Å². The van der Waals surface area contributed by atoms with Gasteiger partial charge in [-0.25, -0.2) is 0 Å². The van der Waals surface area contributed by atoms with E-state index in [9.17, 15) is 18.4 Å². The number of phenolic OH excluding ortho intramolecular Hbond substituents is 1. The Balaban J connectivity index is 0.00000162. The summed E-state index contributed by atoms with van der Waals surface area (Å²) in [5.74, 6) is -0.414. The first-order chi connectivity index (χ1) is 7.95. The molecular weight excluding hydrogens is 292 g/mol. The second-order valence-electron chi connectivity index (χ2n) is 3.35. The molecule has 0 aliphatic carbocycles. The number of hydrogen-bond acceptors (Lipinski definition) is 5. The fourth-order valence-electron chi connectivity index (χ4n) is 1.60. The minimum Gasteiger partial charge on any atom is -0.505 e. The van der Waals surface area contributed by atoms with Gasteiger partial charge in [0.1, 0.15) is 4.90 Å². The van der Waals surface area contributed by atoms with E-state index in [0.717, 1.165) is 6.07 Å². The van der Waals surface area contributed by atoms with Crippen LogP contribution >= 0.6 is 0 Å².